The molecule has 1 heterocycles. The third-order valence-corrected chi connectivity index (χ3v) is 4.38. The van der Waals surface area contributed by atoms with Gasteiger partial charge in [-0.05, 0) is 29.3 Å². The van der Waals surface area contributed by atoms with Crippen LogP contribution in [0, 0.1) is 5.82 Å². The summed E-state index contributed by atoms with van der Waals surface area (Å²) in [6.45, 7) is 3.82. The first-order valence-corrected chi connectivity index (χ1v) is 8.20. The molecule has 126 valence electrons. The van der Waals surface area contributed by atoms with Gasteiger partial charge < -0.3 is 10.6 Å². The average Bonchev–Trinajstić information content (AvgIpc) is 2.57. The highest BCUT2D eigenvalue weighted by Gasteiger charge is 2.21. The largest absolute Gasteiger partial charge is 0.399 e. The number of nitrogens with zero attached hydrogens (tertiary/aromatic N) is 2. The fraction of sp³-hybridized carbons (Fsp3) is 0.316. The van der Waals surface area contributed by atoms with Gasteiger partial charge in [-0.25, -0.2) is 4.39 Å². The van der Waals surface area contributed by atoms with Gasteiger partial charge in [-0.2, -0.15) is 0 Å². The number of piperazine rings is 1. The van der Waals surface area contributed by atoms with Crippen LogP contribution < -0.4 is 5.73 Å². The topological polar surface area (TPSA) is 49.6 Å². The summed E-state index contributed by atoms with van der Waals surface area (Å²) in [5, 5.41) is 0. The first-order chi connectivity index (χ1) is 11.6. The van der Waals surface area contributed by atoms with Crippen molar-refractivity contribution in [1.82, 2.24) is 9.80 Å². The van der Waals surface area contributed by atoms with Crippen molar-refractivity contribution in [2.24, 2.45) is 0 Å². The number of benzene rings is 2. The smallest absolute Gasteiger partial charge is 0.227 e. The summed E-state index contributed by atoms with van der Waals surface area (Å²) in [7, 11) is 0. The van der Waals surface area contributed by atoms with Crippen LogP contribution in [0.15, 0.2) is 48.5 Å². The van der Waals surface area contributed by atoms with E-state index >= 15 is 0 Å². The van der Waals surface area contributed by atoms with E-state index < -0.39 is 0 Å². The lowest BCUT2D eigenvalue weighted by atomic mass is 10.1. The van der Waals surface area contributed by atoms with Crippen molar-refractivity contribution in [3.63, 3.8) is 0 Å². The maximum atomic E-state index is 13.7. The number of amides is 1. The van der Waals surface area contributed by atoms with E-state index in [1.165, 1.54) is 11.6 Å². The molecule has 0 radical (unpaired) electrons. The van der Waals surface area contributed by atoms with Crippen molar-refractivity contribution >= 4 is 11.6 Å². The predicted molar refractivity (Wildman–Crippen MR) is 92.8 cm³/mol. The van der Waals surface area contributed by atoms with E-state index in [0.29, 0.717) is 18.7 Å². The minimum absolute atomic E-state index is 0.0105. The van der Waals surface area contributed by atoms with Crippen LogP contribution in [0.4, 0.5) is 10.1 Å². The Morgan fingerprint density at radius 3 is 2.50 bits per heavy atom. The van der Waals surface area contributed by atoms with Crippen molar-refractivity contribution in [2.75, 3.05) is 31.9 Å². The first kappa shape index (κ1) is 16.5. The second-order valence-electron chi connectivity index (χ2n) is 6.17. The zero-order valence-electron chi connectivity index (χ0n) is 13.6. The number of hydrogen-bond acceptors (Lipinski definition) is 3. The van der Waals surface area contributed by atoms with Crippen LogP contribution >= 0.6 is 0 Å². The lowest BCUT2D eigenvalue weighted by molar-refractivity contribution is -0.132. The summed E-state index contributed by atoms with van der Waals surface area (Å²) in [6.07, 6.45) is 0.127. The van der Waals surface area contributed by atoms with E-state index in [1.54, 1.807) is 18.2 Å². The van der Waals surface area contributed by atoms with Gasteiger partial charge in [0.05, 0.1) is 6.42 Å². The highest BCUT2D eigenvalue weighted by atomic mass is 19.1. The van der Waals surface area contributed by atoms with Crippen LogP contribution in [0.2, 0.25) is 0 Å². The van der Waals surface area contributed by atoms with Gasteiger partial charge in [0.25, 0.3) is 0 Å². The number of carbonyl (C=O) groups excluding carboxylic acids is 1. The minimum atomic E-state index is -0.314. The molecule has 3 rings (SSSR count). The average molecular weight is 327 g/mol. The van der Waals surface area contributed by atoms with Gasteiger partial charge in [-0.3, -0.25) is 9.69 Å². The number of halogens is 1. The van der Waals surface area contributed by atoms with Gasteiger partial charge in [-0.1, -0.05) is 30.3 Å². The maximum absolute atomic E-state index is 13.7. The number of rotatable bonds is 4. The van der Waals surface area contributed by atoms with Gasteiger partial charge in [0.15, 0.2) is 0 Å². The molecule has 0 saturated carbocycles. The van der Waals surface area contributed by atoms with Gasteiger partial charge in [-0.15, -0.1) is 0 Å². The Labute approximate surface area is 141 Å². The van der Waals surface area contributed by atoms with Crippen LogP contribution in [-0.2, 0) is 17.8 Å². The maximum Gasteiger partial charge on any atom is 0.227 e. The summed E-state index contributed by atoms with van der Waals surface area (Å²) in [4.78, 5) is 16.5. The van der Waals surface area contributed by atoms with Crippen LogP contribution in [0.3, 0.4) is 0 Å². The third-order valence-electron chi connectivity index (χ3n) is 4.38. The monoisotopic (exact) mass is 327 g/mol. The summed E-state index contributed by atoms with van der Waals surface area (Å²) < 4.78 is 13.7. The second kappa shape index (κ2) is 7.45. The molecule has 0 aliphatic carbocycles. The molecule has 2 N–H and O–H groups in total. The number of nitrogens with two attached hydrogens (primary N) is 1. The van der Waals surface area contributed by atoms with Gasteiger partial charge in [0.2, 0.25) is 5.91 Å². The van der Waals surface area contributed by atoms with E-state index in [0.717, 1.165) is 25.3 Å². The molecular weight excluding hydrogens is 305 g/mol. The van der Waals surface area contributed by atoms with Crippen molar-refractivity contribution in [3.8, 4) is 0 Å². The minimum Gasteiger partial charge on any atom is -0.399 e. The lowest BCUT2D eigenvalue weighted by Crippen LogP contribution is -2.48. The van der Waals surface area contributed by atoms with E-state index in [1.807, 2.05) is 23.1 Å². The molecule has 2 aromatic rings. The summed E-state index contributed by atoms with van der Waals surface area (Å²) in [5.74, 6) is -0.324. The van der Waals surface area contributed by atoms with Crippen molar-refractivity contribution in [1.29, 1.82) is 0 Å². The highest BCUT2D eigenvalue weighted by Crippen LogP contribution is 2.13. The van der Waals surface area contributed by atoms with E-state index in [4.69, 9.17) is 5.73 Å². The Morgan fingerprint density at radius 1 is 1.04 bits per heavy atom. The molecule has 1 saturated heterocycles. The Morgan fingerprint density at radius 2 is 1.79 bits per heavy atom. The molecule has 0 bridgehead atoms. The fourth-order valence-electron chi connectivity index (χ4n) is 3.02. The predicted octanol–water partition coefficient (Wildman–Crippen LogP) is 2.29. The van der Waals surface area contributed by atoms with Crippen molar-refractivity contribution < 1.29 is 9.18 Å². The molecule has 1 aliphatic heterocycles. The molecule has 0 unspecified atom stereocenters. The molecule has 4 nitrogen and oxygen atoms in total. The summed E-state index contributed by atoms with van der Waals surface area (Å²) >= 11 is 0. The zero-order valence-corrected chi connectivity index (χ0v) is 13.6. The first-order valence-electron chi connectivity index (χ1n) is 8.20. The number of nitrogen functional groups attached to an aromatic ring is 1. The van der Waals surface area contributed by atoms with E-state index in [-0.39, 0.29) is 18.1 Å². The van der Waals surface area contributed by atoms with E-state index in [9.17, 15) is 9.18 Å². The Hall–Kier alpha value is -2.40. The van der Waals surface area contributed by atoms with Crippen LogP contribution in [-0.4, -0.2) is 41.9 Å². The van der Waals surface area contributed by atoms with Crippen LogP contribution in [0.1, 0.15) is 11.1 Å². The number of hydrogen-bond donors (Lipinski definition) is 1. The molecule has 5 heteroatoms. The highest BCUT2D eigenvalue weighted by molar-refractivity contribution is 5.79. The van der Waals surface area contributed by atoms with Crippen LogP contribution in [0.25, 0.3) is 0 Å². The molecule has 1 aliphatic rings. The molecule has 0 aromatic heterocycles. The molecule has 24 heavy (non-hydrogen) atoms. The van der Waals surface area contributed by atoms with E-state index in [2.05, 4.69) is 11.0 Å². The normalized spacial score (nSPS) is 15.5. The van der Waals surface area contributed by atoms with Gasteiger partial charge in [0.1, 0.15) is 5.82 Å². The SMILES string of the molecule is Nc1cccc(CN2CCN(C(=O)Cc3ccccc3F)CC2)c1. The number of carbonyl (C=O) groups is 1. The fourth-order valence-corrected chi connectivity index (χ4v) is 3.02. The third kappa shape index (κ3) is 4.11. The Balaban J connectivity index is 1.51. The van der Waals surface area contributed by atoms with Gasteiger partial charge in [0, 0.05) is 38.4 Å². The second-order valence-corrected chi connectivity index (χ2v) is 6.17. The molecular formula is C19H22FN3O. The lowest BCUT2D eigenvalue weighted by Gasteiger charge is -2.35. The van der Waals surface area contributed by atoms with Crippen molar-refractivity contribution in [2.45, 2.75) is 13.0 Å². The zero-order chi connectivity index (χ0) is 16.9. The quantitative estimate of drug-likeness (QED) is 0.877. The van der Waals surface area contributed by atoms with Crippen molar-refractivity contribution in [3.05, 3.63) is 65.5 Å². The van der Waals surface area contributed by atoms with Crippen LogP contribution in [0.5, 0.6) is 0 Å². The summed E-state index contributed by atoms with van der Waals surface area (Å²) in [5.41, 5.74) is 8.22. The standard InChI is InChI=1S/C19H22FN3O/c20-18-7-2-1-5-16(18)13-19(24)23-10-8-22(9-11-23)14-15-4-3-6-17(21)12-15/h1-7,12H,8-11,13-14,21H2. The molecule has 2 aromatic carbocycles. The number of anilines is 1. The summed E-state index contributed by atoms with van der Waals surface area (Å²) in [6, 6.07) is 14.3. The molecule has 1 amide bonds. The molecule has 0 atom stereocenters. The molecule has 0 spiro atoms. The van der Waals surface area contributed by atoms with Gasteiger partial charge >= 0.3 is 0 Å². The molecule has 1 fully saturated rings. The Kier molecular flexibility index (Phi) is 5.11. The Bertz CT molecular complexity index is 711.